The fraction of sp³-hybridized carbons (Fsp3) is 0.529. The Labute approximate surface area is 131 Å². The number of carbonyl (C=O) groups excluding carboxylic acids is 1. The summed E-state index contributed by atoms with van der Waals surface area (Å²) < 4.78 is 0. The number of nitriles is 1. The van der Waals surface area contributed by atoms with Crippen LogP contribution in [0.3, 0.4) is 0 Å². The number of amides is 1. The van der Waals surface area contributed by atoms with Crippen LogP contribution >= 0.6 is 11.8 Å². The highest BCUT2D eigenvalue weighted by molar-refractivity contribution is 7.99. The van der Waals surface area contributed by atoms with Crippen LogP contribution in [0.1, 0.15) is 37.3 Å². The topological polar surface area (TPSA) is 44.1 Å². The zero-order chi connectivity index (χ0) is 15.1. The first kappa shape index (κ1) is 15.9. The third-order valence-electron chi connectivity index (χ3n) is 3.60. The van der Waals surface area contributed by atoms with Crippen LogP contribution in [0, 0.1) is 17.2 Å². The van der Waals surface area contributed by atoms with Crippen LogP contribution in [-0.2, 0) is 10.5 Å². The molecule has 0 atom stereocenters. The third kappa shape index (κ3) is 5.43. The summed E-state index contributed by atoms with van der Waals surface area (Å²) in [5.74, 6) is 2.39. The average molecular weight is 302 g/mol. The molecule has 1 aromatic rings. The van der Waals surface area contributed by atoms with Crippen molar-refractivity contribution in [2.45, 2.75) is 31.9 Å². The van der Waals surface area contributed by atoms with Gasteiger partial charge in [-0.25, -0.2) is 0 Å². The smallest absolute Gasteiger partial charge is 0.232 e. The summed E-state index contributed by atoms with van der Waals surface area (Å²) in [6, 6.07) is 9.69. The first-order valence-electron chi connectivity index (χ1n) is 7.57. The van der Waals surface area contributed by atoms with Crippen molar-refractivity contribution in [3.05, 3.63) is 35.4 Å². The van der Waals surface area contributed by atoms with Gasteiger partial charge in [0.1, 0.15) is 0 Å². The third-order valence-corrected chi connectivity index (χ3v) is 4.59. The molecule has 0 N–H and O–H groups in total. The van der Waals surface area contributed by atoms with Crippen molar-refractivity contribution in [3.8, 4) is 6.07 Å². The molecule has 112 valence electrons. The van der Waals surface area contributed by atoms with E-state index in [1.54, 1.807) is 11.8 Å². The average Bonchev–Trinajstić information content (AvgIpc) is 3.31. The van der Waals surface area contributed by atoms with Crippen molar-refractivity contribution in [2.75, 3.05) is 18.8 Å². The maximum Gasteiger partial charge on any atom is 0.232 e. The summed E-state index contributed by atoms with van der Waals surface area (Å²) in [6.07, 6.45) is 3.59. The van der Waals surface area contributed by atoms with E-state index in [4.69, 9.17) is 5.26 Å². The van der Waals surface area contributed by atoms with Gasteiger partial charge in [-0.05, 0) is 42.9 Å². The van der Waals surface area contributed by atoms with Crippen LogP contribution in [0.5, 0.6) is 0 Å². The number of rotatable bonds is 8. The predicted molar refractivity (Wildman–Crippen MR) is 86.9 cm³/mol. The molecule has 1 amide bonds. The molecular formula is C17H22N2OS. The quantitative estimate of drug-likeness (QED) is 0.739. The Morgan fingerprint density at radius 2 is 2.10 bits per heavy atom. The highest BCUT2D eigenvalue weighted by atomic mass is 32.2. The Balaban J connectivity index is 1.74. The monoisotopic (exact) mass is 302 g/mol. The van der Waals surface area contributed by atoms with Crippen LogP contribution in [0.15, 0.2) is 24.3 Å². The van der Waals surface area contributed by atoms with Gasteiger partial charge in [0.2, 0.25) is 5.91 Å². The molecule has 1 aromatic carbocycles. The van der Waals surface area contributed by atoms with E-state index in [0.717, 1.165) is 36.7 Å². The molecule has 1 saturated carbocycles. The number of hydrogen-bond acceptors (Lipinski definition) is 3. The first-order valence-corrected chi connectivity index (χ1v) is 8.73. The lowest BCUT2D eigenvalue weighted by Crippen LogP contribution is -2.34. The highest BCUT2D eigenvalue weighted by Gasteiger charge is 2.26. The number of carbonyl (C=O) groups is 1. The van der Waals surface area contributed by atoms with E-state index in [2.05, 4.69) is 13.0 Å². The van der Waals surface area contributed by atoms with Crippen LogP contribution in [0.25, 0.3) is 0 Å². The van der Waals surface area contributed by atoms with Gasteiger partial charge in [-0.1, -0.05) is 19.1 Å². The number of benzene rings is 1. The molecule has 1 fully saturated rings. The molecule has 1 aliphatic rings. The number of thioether (sulfide) groups is 1. The Morgan fingerprint density at radius 3 is 2.67 bits per heavy atom. The second-order valence-electron chi connectivity index (χ2n) is 5.58. The number of nitrogens with zero attached hydrogens (tertiary/aromatic N) is 2. The lowest BCUT2D eigenvalue weighted by molar-refractivity contribution is -0.128. The van der Waals surface area contributed by atoms with E-state index in [-0.39, 0.29) is 5.91 Å². The van der Waals surface area contributed by atoms with Crippen molar-refractivity contribution >= 4 is 17.7 Å². The minimum Gasteiger partial charge on any atom is -0.342 e. The standard InChI is InChI=1S/C17H22N2OS/c1-2-9-19(11-15-5-6-15)17(20)13-21-12-16-7-3-14(10-18)4-8-16/h3-4,7-8,15H,2,5-6,9,11-13H2,1H3. The van der Waals surface area contributed by atoms with E-state index >= 15 is 0 Å². The van der Waals surface area contributed by atoms with E-state index in [0.29, 0.717) is 11.3 Å². The lowest BCUT2D eigenvalue weighted by Gasteiger charge is -2.21. The molecular weight excluding hydrogens is 280 g/mol. The van der Waals surface area contributed by atoms with Gasteiger partial charge in [0.15, 0.2) is 0 Å². The summed E-state index contributed by atoms with van der Waals surface area (Å²) in [5, 5.41) is 8.76. The summed E-state index contributed by atoms with van der Waals surface area (Å²) in [4.78, 5) is 14.3. The predicted octanol–water partition coefficient (Wildman–Crippen LogP) is 3.44. The van der Waals surface area contributed by atoms with Crippen molar-refractivity contribution in [3.63, 3.8) is 0 Å². The molecule has 0 heterocycles. The normalized spacial score (nSPS) is 13.7. The zero-order valence-electron chi connectivity index (χ0n) is 12.5. The van der Waals surface area contributed by atoms with Gasteiger partial charge in [-0.15, -0.1) is 11.8 Å². The fourth-order valence-electron chi connectivity index (χ4n) is 2.22. The molecule has 3 nitrogen and oxygen atoms in total. The SMILES string of the molecule is CCCN(CC1CC1)C(=O)CSCc1ccc(C#N)cc1. The number of hydrogen-bond donors (Lipinski definition) is 0. The van der Waals surface area contributed by atoms with Crippen LogP contribution in [0.2, 0.25) is 0 Å². The molecule has 0 radical (unpaired) electrons. The van der Waals surface area contributed by atoms with E-state index in [1.165, 1.54) is 12.8 Å². The molecule has 1 aliphatic carbocycles. The molecule has 21 heavy (non-hydrogen) atoms. The second-order valence-corrected chi connectivity index (χ2v) is 6.57. The van der Waals surface area contributed by atoms with Crippen molar-refractivity contribution < 1.29 is 4.79 Å². The summed E-state index contributed by atoms with van der Waals surface area (Å²) >= 11 is 1.66. The molecule has 0 bridgehead atoms. The molecule has 0 aromatic heterocycles. The minimum absolute atomic E-state index is 0.266. The molecule has 0 spiro atoms. The Bertz CT molecular complexity index is 503. The van der Waals surface area contributed by atoms with E-state index in [9.17, 15) is 4.79 Å². The molecule has 0 saturated heterocycles. The van der Waals surface area contributed by atoms with Gasteiger partial charge in [-0.3, -0.25) is 4.79 Å². The lowest BCUT2D eigenvalue weighted by atomic mass is 10.2. The van der Waals surface area contributed by atoms with Crippen molar-refractivity contribution in [2.24, 2.45) is 5.92 Å². The largest absolute Gasteiger partial charge is 0.342 e. The zero-order valence-corrected chi connectivity index (χ0v) is 13.4. The van der Waals surface area contributed by atoms with Gasteiger partial charge in [0.25, 0.3) is 0 Å². The maximum absolute atomic E-state index is 12.2. The van der Waals surface area contributed by atoms with Gasteiger partial charge >= 0.3 is 0 Å². The molecule has 0 aliphatic heterocycles. The minimum atomic E-state index is 0.266. The molecule has 2 rings (SSSR count). The van der Waals surface area contributed by atoms with Gasteiger partial charge in [0, 0.05) is 18.8 Å². The maximum atomic E-state index is 12.2. The summed E-state index contributed by atoms with van der Waals surface area (Å²) in [5.41, 5.74) is 1.84. The van der Waals surface area contributed by atoms with Crippen LogP contribution in [-0.4, -0.2) is 29.6 Å². The van der Waals surface area contributed by atoms with Crippen molar-refractivity contribution in [1.82, 2.24) is 4.90 Å². The van der Waals surface area contributed by atoms with Gasteiger partial charge < -0.3 is 4.90 Å². The Morgan fingerprint density at radius 1 is 1.38 bits per heavy atom. The highest BCUT2D eigenvalue weighted by Crippen LogP contribution is 2.30. The fourth-order valence-corrected chi connectivity index (χ4v) is 3.11. The van der Waals surface area contributed by atoms with Crippen LogP contribution < -0.4 is 0 Å². The molecule has 0 unspecified atom stereocenters. The Kier molecular flexibility index (Phi) is 6.13. The summed E-state index contributed by atoms with van der Waals surface area (Å²) in [7, 11) is 0. The summed E-state index contributed by atoms with van der Waals surface area (Å²) in [6.45, 7) is 3.95. The van der Waals surface area contributed by atoms with Gasteiger partial charge in [0.05, 0.1) is 17.4 Å². The Hall–Kier alpha value is -1.47. The van der Waals surface area contributed by atoms with E-state index in [1.807, 2.05) is 29.2 Å². The van der Waals surface area contributed by atoms with Crippen molar-refractivity contribution in [1.29, 1.82) is 5.26 Å². The van der Waals surface area contributed by atoms with Crippen LogP contribution in [0.4, 0.5) is 0 Å². The van der Waals surface area contributed by atoms with Gasteiger partial charge in [-0.2, -0.15) is 5.26 Å². The molecule has 4 heteroatoms. The first-order chi connectivity index (χ1) is 10.2. The second kappa shape index (κ2) is 8.09. The van der Waals surface area contributed by atoms with E-state index < -0.39 is 0 Å².